The first-order valence-electron chi connectivity index (χ1n) is 7.70. The van der Waals surface area contributed by atoms with Crippen molar-refractivity contribution < 1.29 is 13.2 Å². The van der Waals surface area contributed by atoms with Crippen LogP contribution in [-0.4, -0.2) is 59.5 Å². The van der Waals surface area contributed by atoms with Crippen LogP contribution >= 0.6 is 11.3 Å². The zero-order valence-electron chi connectivity index (χ0n) is 13.7. The van der Waals surface area contributed by atoms with E-state index in [2.05, 4.69) is 5.10 Å². The summed E-state index contributed by atoms with van der Waals surface area (Å²) in [4.78, 5) is 16.1. The van der Waals surface area contributed by atoms with Gasteiger partial charge in [-0.1, -0.05) is 0 Å². The minimum Gasteiger partial charge on any atom is -0.338 e. The molecule has 1 aliphatic heterocycles. The van der Waals surface area contributed by atoms with E-state index in [1.165, 1.54) is 15.6 Å². The van der Waals surface area contributed by atoms with E-state index in [1.807, 2.05) is 13.8 Å². The van der Waals surface area contributed by atoms with Crippen molar-refractivity contribution in [1.29, 1.82) is 0 Å². The Balaban J connectivity index is 1.64. The number of nitrogens with zero attached hydrogens (tertiary/aromatic N) is 4. The van der Waals surface area contributed by atoms with Gasteiger partial charge in [-0.2, -0.15) is 9.40 Å². The molecule has 0 saturated carbocycles. The minimum absolute atomic E-state index is 0.0432. The van der Waals surface area contributed by atoms with E-state index in [0.29, 0.717) is 31.1 Å². The van der Waals surface area contributed by atoms with Crippen molar-refractivity contribution in [3.05, 3.63) is 34.3 Å². The monoisotopic (exact) mass is 368 g/mol. The molecule has 9 heteroatoms. The van der Waals surface area contributed by atoms with Crippen LogP contribution in [0.3, 0.4) is 0 Å². The summed E-state index contributed by atoms with van der Waals surface area (Å²) >= 11 is 1.49. The average molecular weight is 368 g/mol. The minimum atomic E-state index is -3.48. The molecule has 1 aliphatic rings. The molecule has 0 radical (unpaired) electrons. The van der Waals surface area contributed by atoms with Crippen LogP contribution in [0.4, 0.5) is 0 Å². The van der Waals surface area contributed by atoms with Crippen molar-refractivity contribution in [2.75, 3.05) is 26.2 Å². The Bertz CT molecular complexity index is 819. The Kier molecular flexibility index (Phi) is 4.75. The summed E-state index contributed by atoms with van der Waals surface area (Å²) in [6.45, 7) is 5.37. The molecule has 130 valence electrons. The number of thiophene rings is 1. The molecule has 0 aliphatic carbocycles. The first-order valence-corrected chi connectivity index (χ1v) is 9.96. The van der Waals surface area contributed by atoms with E-state index in [-0.39, 0.29) is 12.5 Å². The van der Waals surface area contributed by atoms with Crippen LogP contribution in [0.15, 0.2) is 29.4 Å². The standard InChI is InChI=1S/C15H20N4O3S2/c1-12-10-14(13(2)23-12)24(21,22)19-8-6-17(7-9-19)15(20)11-18-5-3-4-16-18/h3-5,10H,6-9,11H2,1-2H3. The van der Waals surface area contributed by atoms with Crippen LogP contribution in [0.1, 0.15) is 9.75 Å². The van der Waals surface area contributed by atoms with Crippen molar-refractivity contribution in [3.8, 4) is 0 Å². The van der Waals surface area contributed by atoms with Crippen LogP contribution in [0.2, 0.25) is 0 Å². The summed E-state index contributed by atoms with van der Waals surface area (Å²) in [6, 6.07) is 3.49. The molecule has 1 fully saturated rings. The van der Waals surface area contributed by atoms with Gasteiger partial charge in [0.05, 0.1) is 4.90 Å². The third-order valence-electron chi connectivity index (χ3n) is 4.06. The second-order valence-corrected chi connectivity index (χ2v) is 9.13. The SMILES string of the molecule is Cc1cc(S(=O)(=O)N2CCN(C(=O)Cn3cccn3)CC2)c(C)s1. The average Bonchev–Trinajstić information content (AvgIpc) is 3.17. The van der Waals surface area contributed by atoms with Crippen LogP contribution in [0.25, 0.3) is 0 Å². The number of aromatic nitrogens is 2. The number of hydrogen-bond donors (Lipinski definition) is 0. The number of carbonyl (C=O) groups excluding carboxylic acids is 1. The summed E-state index contributed by atoms with van der Waals surface area (Å²) in [6.07, 6.45) is 3.36. The van der Waals surface area contributed by atoms with Gasteiger partial charge in [0.25, 0.3) is 0 Å². The molecule has 2 aromatic rings. The zero-order valence-corrected chi connectivity index (χ0v) is 15.3. The summed E-state index contributed by atoms with van der Waals surface area (Å²) in [5.41, 5.74) is 0. The molecular weight excluding hydrogens is 348 g/mol. The smallest absolute Gasteiger partial charge is 0.244 e. The highest BCUT2D eigenvalue weighted by atomic mass is 32.2. The van der Waals surface area contributed by atoms with Gasteiger partial charge in [-0.05, 0) is 26.0 Å². The predicted molar refractivity (Wildman–Crippen MR) is 91.4 cm³/mol. The van der Waals surface area contributed by atoms with Gasteiger partial charge in [0.15, 0.2) is 0 Å². The quantitative estimate of drug-likeness (QED) is 0.810. The Morgan fingerprint density at radius 3 is 2.50 bits per heavy atom. The Morgan fingerprint density at radius 2 is 1.96 bits per heavy atom. The fraction of sp³-hybridized carbons (Fsp3) is 0.467. The van der Waals surface area contributed by atoms with Crippen molar-refractivity contribution in [1.82, 2.24) is 19.0 Å². The van der Waals surface area contributed by atoms with Crippen molar-refractivity contribution >= 4 is 27.3 Å². The molecule has 0 unspecified atom stereocenters. The topological polar surface area (TPSA) is 75.5 Å². The van der Waals surface area contributed by atoms with Crippen LogP contribution < -0.4 is 0 Å². The van der Waals surface area contributed by atoms with Gasteiger partial charge < -0.3 is 4.90 Å². The fourth-order valence-electron chi connectivity index (χ4n) is 2.81. The van der Waals surface area contributed by atoms with E-state index in [4.69, 9.17) is 0 Å². The highest BCUT2D eigenvalue weighted by Crippen LogP contribution is 2.28. The van der Waals surface area contributed by atoms with Crippen LogP contribution in [0.5, 0.6) is 0 Å². The number of piperazine rings is 1. The highest BCUT2D eigenvalue weighted by molar-refractivity contribution is 7.89. The third-order valence-corrected chi connectivity index (χ3v) is 7.18. The number of rotatable bonds is 4. The predicted octanol–water partition coefficient (Wildman–Crippen LogP) is 1.09. The molecule has 0 spiro atoms. The maximum absolute atomic E-state index is 12.8. The maximum atomic E-state index is 12.8. The van der Waals surface area contributed by atoms with E-state index < -0.39 is 10.0 Å². The molecule has 0 N–H and O–H groups in total. The molecule has 3 rings (SSSR count). The van der Waals surface area contributed by atoms with E-state index in [1.54, 1.807) is 34.1 Å². The Hall–Kier alpha value is -1.71. The summed E-state index contributed by atoms with van der Waals surface area (Å²) in [5.74, 6) is -0.0432. The Morgan fingerprint density at radius 1 is 1.25 bits per heavy atom. The number of aryl methyl sites for hydroxylation is 2. The van der Waals surface area contributed by atoms with Gasteiger partial charge in [0, 0.05) is 48.3 Å². The van der Waals surface area contributed by atoms with Crippen molar-refractivity contribution in [2.45, 2.75) is 25.3 Å². The summed E-state index contributed by atoms with van der Waals surface area (Å²) < 4.78 is 28.6. The molecule has 0 aromatic carbocycles. The second-order valence-electron chi connectivity index (χ2n) is 5.77. The second kappa shape index (κ2) is 6.66. The lowest BCUT2D eigenvalue weighted by Gasteiger charge is -2.34. The first-order chi connectivity index (χ1) is 11.4. The Labute approximate surface area is 145 Å². The molecule has 1 amide bonds. The molecule has 3 heterocycles. The van der Waals surface area contributed by atoms with Gasteiger partial charge in [0.1, 0.15) is 6.54 Å². The third kappa shape index (κ3) is 3.38. The van der Waals surface area contributed by atoms with E-state index in [9.17, 15) is 13.2 Å². The number of amides is 1. The van der Waals surface area contributed by atoms with Gasteiger partial charge in [-0.15, -0.1) is 11.3 Å². The molecule has 24 heavy (non-hydrogen) atoms. The normalized spacial score (nSPS) is 16.5. The van der Waals surface area contributed by atoms with Crippen LogP contribution in [0, 0.1) is 13.8 Å². The largest absolute Gasteiger partial charge is 0.338 e. The lowest BCUT2D eigenvalue weighted by atomic mass is 10.3. The molecule has 2 aromatic heterocycles. The number of sulfonamides is 1. The zero-order chi connectivity index (χ0) is 17.3. The van der Waals surface area contributed by atoms with Gasteiger partial charge >= 0.3 is 0 Å². The molecular formula is C15H20N4O3S2. The molecule has 1 saturated heterocycles. The van der Waals surface area contributed by atoms with Crippen molar-refractivity contribution in [3.63, 3.8) is 0 Å². The lowest BCUT2D eigenvalue weighted by molar-refractivity contribution is -0.133. The molecule has 7 nitrogen and oxygen atoms in total. The van der Waals surface area contributed by atoms with Crippen LogP contribution in [-0.2, 0) is 21.4 Å². The lowest BCUT2D eigenvalue weighted by Crippen LogP contribution is -2.51. The summed E-state index contributed by atoms with van der Waals surface area (Å²) in [7, 11) is -3.48. The van der Waals surface area contributed by atoms with E-state index in [0.717, 1.165) is 9.75 Å². The molecule has 0 atom stereocenters. The fourth-order valence-corrected chi connectivity index (χ4v) is 5.76. The van der Waals surface area contributed by atoms with E-state index >= 15 is 0 Å². The van der Waals surface area contributed by atoms with Gasteiger partial charge in [0.2, 0.25) is 15.9 Å². The highest BCUT2D eigenvalue weighted by Gasteiger charge is 2.31. The van der Waals surface area contributed by atoms with Crippen molar-refractivity contribution in [2.24, 2.45) is 0 Å². The number of hydrogen-bond acceptors (Lipinski definition) is 5. The first kappa shape index (κ1) is 17.1. The number of carbonyl (C=O) groups is 1. The maximum Gasteiger partial charge on any atom is 0.244 e. The van der Waals surface area contributed by atoms with Gasteiger partial charge in [-0.25, -0.2) is 8.42 Å². The van der Waals surface area contributed by atoms with Gasteiger partial charge in [-0.3, -0.25) is 9.48 Å². The molecule has 0 bridgehead atoms. The summed E-state index contributed by atoms with van der Waals surface area (Å²) in [5, 5.41) is 4.02.